The number of benzene rings is 2. The van der Waals surface area contributed by atoms with E-state index in [1.54, 1.807) is 11.1 Å². The van der Waals surface area contributed by atoms with Gasteiger partial charge in [0.25, 0.3) is 0 Å². The molecule has 6 rings (SSSR count). The van der Waals surface area contributed by atoms with Gasteiger partial charge in [0.1, 0.15) is 0 Å². The minimum atomic E-state index is 0.161. The fourth-order valence-electron chi connectivity index (χ4n) is 7.23. The van der Waals surface area contributed by atoms with E-state index in [9.17, 15) is 0 Å². The van der Waals surface area contributed by atoms with Crippen molar-refractivity contribution in [1.82, 2.24) is 0 Å². The Morgan fingerprint density at radius 2 is 1.53 bits per heavy atom. The first-order valence-electron chi connectivity index (χ1n) is 13.1. The summed E-state index contributed by atoms with van der Waals surface area (Å²) in [5.74, 6) is 0.811. The summed E-state index contributed by atoms with van der Waals surface area (Å²) in [5.41, 5.74) is 9.75. The average Bonchev–Trinajstić information content (AvgIpc) is 3.31. The van der Waals surface area contributed by atoms with Gasteiger partial charge < -0.3 is 9.47 Å². The predicted molar refractivity (Wildman–Crippen MR) is 129 cm³/mol. The molecule has 2 nitrogen and oxygen atoms in total. The van der Waals surface area contributed by atoms with Crippen LogP contribution in [0.15, 0.2) is 36.4 Å². The summed E-state index contributed by atoms with van der Waals surface area (Å²) in [6.07, 6.45) is 14.7. The molecule has 1 saturated heterocycles. The largest absolute Gasteiger partial charge is 0.381 e. The van der Waals surface area contributed by atoms with Crippen LogP contribution in [-0.2, 0) is 22.3 Å². The van der Waals surface area contributed by atoms with Crippen LogP contribution in [0.5, 0.6) is 0 Å². The Hall–Kier alpha value is -1.64. The third-order valence-electron chi connectivity index (χ3n) is 9.24. The number of methoxy groups -OCH3 is 1. The summed E-state index contributed by atoms with van der Waals surface area (Å²) < 4.78 is 12.2. The first-order valence-corrected chi connectivity index (χ1v) is 13.1. The van der Waals surface area contributed by atoms with Gasteiger partial charge in [-0.25, -0.2) is 0 Å². The standard InChI is InChI=1S/C30H38O2/c1-3-27-16-28(31-2)17-29(32-27)23-9-8-21-12-24-14-22(7-6-20(24)13-25(21)15-23)26-18-30(19-26)10-4-5-11-30/h6-9,14-15,26-29H,3-5,10-13,16-19H2,1-2H3/t27-,28+,29?/m1/s1. The van der Waals surface area contributed by atoms with Crippen LogP contribution in [0.25, 0.3) is 0 Å². The van der Waals surface area contributed by atoms with Crippen LogP contribution >= 0.6 is 0 Å². The molecule has 3 fully saturated rings. The second-order valence-corrected chi connectivity index (χ2v) is 11.2. The SMILES string of the molecule is CC[C@@H]1C[C@H](OC)CC(c2ccc3c(c2)Cc2ccc(C4CC5(CCCC5)C4)cc2C3)O1. The van der Waals surface area contributed by atoms with Crippen molar-refractivity contribution in [3.8, 4) is 0 Å². The molecule has 3 atom stereocenters. The molecule has 1 heterocycles. The highest BCUT2D eigenvalue weighted by molar-refractivity contribution is 5.48. The summed E-state index contributed by atoms with van der Waals surface area (Å²) in [4.78, 5) is 0. The maximum atomic E-state index is 6.43. The Labute approximate surface area is 193 Å². The Kier molecular flexibility index (Phi) is 5.42. The Balaban J connectivity index is 1.18. The maximum absolute atomic E-state index is 6.43. The van der Waals surface area contributed by atoms with E-state index < -0.39 is 0 Å². The van der Waals surface area contributed by atoms with Gasteiger partial charge in [-0.05, 0) is 96.1 Å². The number of hydrogen-bond donors (Lipinski definition) is 0. The van der Waals surface area contributed by atoms with Crippen molar-refractivity contribution >= 4 is 0 Å². The lowest BCUT2D eigenvalue weighted by Crippen LogP contribution is -2.33. The van der Waals surface area contributed by atoms with Crippen LogP contribution in [0.4, 0.5) is 0 Å². The topological polar surface area (TPSA) is 18.5 Å². The number of hydrogen-bond acceptors (Lipinski definition) is 2. The minimum absolute atomic E-state index is 0.161. The lowest BCUT2D eigenvalue weighted by Gasteiger charge is -2.46. The van der Waals surface area contributed by atoms with Gasteiger partial charge in [-0.2, -0.15) is 0 Å². The van der Waals surface area contributed by atoms with E-state index in [-0.39, 0.29) is 6.10 Å². The van der Waals surface area contributed by atoms with E-state index >= 15 is 0 Å². The van der Waals surface area contributed by atoms with Gasteiger partial charge in [0, 0.05) is 13.5 Å². The highest BCUT2D eigenvalue weighted by Crippen LogP contribution is 2.59. The maximum Gasteiger partial charge on any atom is 0.0853 e. The molecule has 2 saturated carbocycles. The summed E-state index contributed by atoms with van der Waals surface area (Å²) in [5, 5.41) is 0. The van der Waals surface area contributed by atoms with Crippen molar-refractivity contribution in [3.63, 3.8) is 0 Å². The molecule has 2 aromatic rings. The van der Waals surface area contributed by atoms with Crippen molar-refractivity contribution in [3.05, 3.63) is 69.8 Å². The molecule has 4 aliphatic rings. The van der Waals surface area contributed by atoms with E-state index in [1.165, 1.54) is 60.8 Å². The summed E-state index contributed by atoms with van der Waals surface area (Å²) in [6.45, 7) is 2.22. The lowest BCUT2D eigenvalue weighted by molar-refractivity contribution is -0.108. The normalized spacial score (nSPS) is 28.9. The molecule has 170 valence electrons. The first kappa shape index (κ1) is 20.9. The van der Waals surface area contributed by atoms with Crippen molar-refractivity contribution in [2.75, 3.05) is 7.11 Å². The van der Waals surface area contributed by atoms with E-state index in [2.05, 4.69) is 43.3 Å². The number of rotatable bonds is 4. The van der Waals surface area contributed by atoms with Crippen molar-refractivity contribution in [2.45, 2.75) is 102 Å². The van der Waals surface area contributed by atoms with Crippen LogP contribution in [0.2, 0.25) is 0 Å². The van der Waals surface area contributed by atoms with Gasteiger partial charge in [0.05, 0.1) is 18.3 Å². The molecule has 0 N–H and O–H groups in total. The molecule has 0 bridgehead atoms. The minimum Gasteiger partial charge on any atom is -0.381 e. The van der Waals surface area contributed by atoms with E-state index in [4.69, 9.17) is 9.47 Å². The van der Waals surface area contributed by atoms with Crippen LogP contribution in [0.3, 0.4) is 0 Å². The van der Waals surface area contributed by atoms with Gasteiger partial charge in [-0.1, -0.05) is 56.2 Å². The van der Waals surface area contributed by atoms with Crippen molar-refractivity contribution < 1.29 is 9.47 Å². The first-order chi connectivity index (χ1) is 15.6. The molecular weight excluding hydrogens is 392 g/mol. The van der Waals surface area contributed by atoms with E-state index in [0.29, 0.717) is 12.2 Å². The van der Waals surface area contributed by atoms with E-state index in [0.717, 1.165) is 43.4 Å². The zero-order valence-electron chi connectivity index (χ0n) is 19.9. The van der Waals surface area contributed by atoms with Crippen molar-refractivity contribution in [1.29, 1.82) is 0 Å². The monoisotopic (exact) mass is 430 g/mol. The number of fused-ring (bicyclic) bond motifs is 2. The average molecular weight is 431 g/mol. The molecule has 1 aliphatic heterocycles. The van der Waals surface area contributed by atoms with Crippen LogP contribution in [0.1, 0.15) is 110 Å². The van der Waals surface area contributed by atoms with Gasteiger partial charge in [-0.15, -0.1) is 0 Å². The van der Waals surface area contributed by atoms with Crippen LogP contribution in [0, 0.1) is 5.41 Å². The molecular formula is C30H38O2. The molecule has 0 radical (unpaired) electrons. The number of ether oxygens (including phenoxy) is 2. The van der Waals surface area contributed by atoms with E-state index in [1.807, 2.05) is 7.11 Å². The molecule has 3 aliphatic carbocycles. The molecule has 32 heavy (non-hydrogen) atoms. The summed E-state index contributed by atoms with van der Waals surface area (Å²) in [6, 6.07) is 14.6. The smallest absolute Gasteiger partial charge is 0.0853 e. The fraction of sp³-hybridized carbons (Fsp3) is 0.600. The Bertz CT molecular complexity index is 966. The lowest BCUT2D eigenvalue weighted by atomic mass is 9.59. The van der Waals surface area contributed by atoms with Gasteiger partial charge in [0.15, 0.2) is 0 Å². The highest BCUT2D eigenvalue weighted by Gasteiger charge is 2.46. The quantitative estimate of drug-likeness (QED) is 0.433. The van der Waals surface area contributed by atoms with Crippen LogP contribution < -0.4 is 0 Å². The third kappa shape index (κ3) is 3.74. The van der Waals surface area contributed by atoms with Gasteiger partial charge in [0.2, 0.25) is 0 Å². The summed E-state index contributed by atoms with van der Waals surface area (Å²) in [7, 11) is 1.84. The van der Waals surface area contributed by atoms with Crippen molar-refractivity contribution in [2.24, 2.45) is 5.41 Å². The second-order valence-electron chi connectivity index (χ2n) is 11.2. The third-order valence-corrected chi connectivity index (χ3v) is 9.24. The highest BCUT2D eigenvalue weighted by atomic mass is 16.5. The summed E-state index contributed by atoms with van der Waals surface area (Å²) >= 11 is 0. The predicted octanol–water partition coefficient (Wildman–Crippen LogP) is 7.26. The fourth-order valence-corrected chi connectivity index (χ4v) is 7.23. The zero-order valence-corrected chi connectivity index (χ0v) is 19.9. The molecule has 0 amide bonds. The zero-order chi connectivity index (χ0) is 21.7. The molecule has 2 aromatic carbocycles. The Morgan fingerprint density at radius 1 is 0.875 bits per heavy atom. The van der Waals surface area contributed by atoms with Gasteiger partial charge in [-0.3, -0.25) is 0 Å². The molecule has 1 spiro atoms. The molecule has 0 aromatic heterocycles. The molecule has 1 unspecified atom stereocenters. The Morgan fingerprint density at radius 3 is 2.19 bits per heavy atom. The molecule has 2 heteroatoms. The van der Waals surface area contributed by atoms with Gasteiger partial charge >= 0.3 is 0 Å². The second kappa shape index (κ2) is 8.29. The van der Waals surface area contributed by atoms with Crippen LogP contribution in [-0.4, -0.2) is 19.3 Å².